The van der Waals surface area contributed by atoms with E-state index in [1.54, 1.807) is 0 Å². The molecule has 2 N–H and O–H groups in total. The molecule has 1 fully saturated rings. The zero-order valence-corrected chi connectivity index (χ0v) is 13.8. The molecule has 2 rings (SSSR count). The summed E-state index contributed by atoms with van der Waals surface area (Å²) in [5.41, 5.74) is 7.15. The van der Waals surface area contributed by atoms with Crippen molar-refractivity contribution in [1.82, 2.24) is 9.80 Å². The van der Waals surface area contributed by atoms with Gasteiger partial charge in [-0.25, -0.2) is 0 Å². The van der Waals surface area contributed by atoms with E-state index in [-0.39, 0.29) is 6.04 Å². The number of benzene rings is 1. The zero-order valence-electron chi connectivity index (χ0n) is 13.0. The molecule has 1 saturated heterocycles. The summed E-state index contributed by atoms with van der Waals surface area (Å²) in [6, 6.07) is 6.04. The Bertz CT molecular complexity index is 447. The molecular weight excluding hydrogens is 286 g/mol. The molecule has 0 amide bonds. The van der Waals surface area contributed by atoms with Crippen LogP contribution in [0.5, 0.6) is 5.75 Å². The molecule has 0 spiro atoms. The molecule has 21 heavy (non-hydrogen) atoms. The highest BCUT2D eigenvalue weighted by Crippen LogP contribution is 2.33. The molecule has 0 aliphatic carbocycles. The van der Waals surface area contributed by atoms with Crippen molar-refractivity contribution in [3.05, 3.63) is 28.8 Å². The molecule has 4 nitrogen and oxygen atoms in total. The van der Waals surface area contributed by atoms with Gasteiger partial charge in [0.15, 0.2) is 0 Å². The van der Waals surface area contributed by atoms with E-state index in [9.17, 15) is 0 Å². The van der Waals surface area contributed by atoms with E-state index in [1.807, 2.05) is 32.3 Å². The Hall–Kier alpha value is -0.810. The van der Waals surface area contributed by atoms with Crippen LogP contribution in [0.15, 0.2) is 18.2 Å². The Kier molecular flexibility index (Phi) is 6.30. The highest BCUT2D eigenvalue weighted by Gasteiger charge is 2.25. The average Bonchev–Trinajstić information content (AvgIpc) is 2.95. The largest absolute Gasteiger partial charge is 0.492 e. The first-order valence-electron chi connectivity index (χ1n) is 7.63. The Morgan fingerprint density at radius 2 is 2.05 bits per heavy atom. The van der Waals surface area contributed by atoms with Gasteiger partial charge in [-0.2, -0.15) is 0 Å². The van der Waals surface area contributed by atoms with Crippen LogP contribution in [0.25, 0.3) is 0 Å². The summed E-state index contributed by atoms with van der Waals surface area (Å²) >= 11 is 6.19. The van der Waals surface area contributed by atoms with Crippen molar-refractivity contribution < 1.29 is 4.74 Å². The van der Waals surface area contributed by atoms with Crippen LogP contribution in [0.4, 0.5) is 0 Å². The Morgan fingerprint density at radius 3 is 2.67 bits per heavy atom. The predicted molar refractivity (Wildman–Crippen MR) is 88.1 cm³/mol. The highest BCUT2D eigenvalue weighted by molar-refractivity contribution is 6.30. The van der Waals surface area contributed by atoms with Gasteiger partial charge in [0.1, 0.15) is 12.4 Å². The number of ether oxygens (including phenoxy) is 1. The van der Waals surface area contributed by atoms with Gasteiger partial charge in [-0.1, -0.05) is 11.6 Å². The minimum atomic E-state index is 0.195. The first-order chi connectivity index (χ1) is 10.1. The SMILES string of the molecule is CN(C)CCOc1ccc(Cl)cc1C(CN)N1CCCC1. The average molecular weight is 312 g/mol. The maximum absolute atomic E-state index is 6.19. The molecule has 0 saturated carbocycles. The second-order valence-electron chi connectivity index (χ2n) is 5.83. The maximum Gasteiger partial charge on any atom is 0.124 e. The van der Waals surface area contributed by atoms with Crippen molar-refractivity contribution in [3.8, 4) is 5.75 Å². The fraction of sp³-hybridized carbons (Fsp3) is 0.625. The molecule has 1 atom stereocenters. The number of rotatable bonds is 7. The summed E-state index contributed by atoms with van der Waals surface area (Å²) in [6.45, 7) is 4.35. The molecule has 1 aromatic rings. The van der Waals surface area contributed by atoms with E-state index in [0.29, 0.717) is 13.2 Å². The van der Waals surface area contributed by atoms with Crippen molar-refractivity contribution in [1.29, 1.82) is 0 Å². The number of likely N-dealkylation sites (N-methyl/N-ethyl adjacent to an activating group) is 1. The summed E-state index contributed by atoms with van der Waals surface area (Å²) < 4.78 is 5.96. The molecule has 0 radical (unpaired) electrons. The lowest BCUT2D eigenvalue weighted by atomic mass is 10.0. The standard InChI is InChI=1S/C16H26ClN3O/c1-19(2)9-10-21-16-6-5-13(17)11-14(16)15(12-18)20-7-3-4-8-20/h5-6,11,15H,3-4,7-10,12,18H2,1-2H3. The minimum absolute atomic E-state index is 0.195. The number of nitrogens with zero attached hydrogens (tertiary/aromatic N) is 2. The topological polar surface area (TPSA) is 41.7 Å². The van der Waals surface area contributed by atoms with Crippen molar-refractivity contribution in [2.75, 3.05) is 46.9 Å². The molecule has 1 aliphatic rings. The van der Waals surface area contributed by atoms with E-state index >= 15 is 0 Å². The lowest BCUT2D eigenvalue weighted by molar-refractivity contribution is 0.229. The van der Waals surface area contributed by atoms with Gasteiger partial charge in [0.05, 0.1) is 6.04 Å². The minimum Gasteiger partial charge on any atom is -0.492 e. The van der Waals surface area contributed by atoms with Crippen LogP contribution >= 0.6 is 11.6 Å². The van der Waals surface area contributed by atoms with Gasteiger partial charge in [0, 0.05) is 23.7 Å². The summed E-state index contributed by atoms with van der Waals surface area (Å²) in [5.74, 6) is 0.906. The van der Waals surface area contributed by atoms with E-state index in [2.05, 4.69) is 9.80 Å². The van der Waals surface area contributed by atoms with Crippen LogP contribution in [-0.2, 0) is 0 Å². The van der Waals surface area contributed by atoms with E-state index in [0.717, 1.165) is 36.0 Å². The van der Waals surface area contributed by atoms with Crippen LogP contribution in [0.3, 0.4) is 0 Å². The quantitative estimate of drug-likeness (QED) is 0.839. The van der Waals surface area contributed by atoms with Gasteiger partial charge < -0.3 is 15.4 Å². The van der Waals surface area contributed by atoms with Gasteiger partial charge in [0.25, 0.3) is 0 Å². The van der Waals surface area contributed by atoms with Gasteiger partial charge >= 0.3 is 0 Å². The third-order valence-corrected chi connectivity index (χ3v) is 4.17. The fourth-order valence-electron chi connectivity index (χ4n) is 2.78. The molecule has 5 heteroatoms. The number of halogens is 1. The summed E-state index contributed by atoms with van der Waals surface area (Å²) in [6.07, 6.45) is 2.49. The van der Waals surface area contributed by atoms with Gasteiger partial charge in [-0.15, -0.1) is 0 Å². The molecule has 0 aromatic heterocycles. The molecular formula is C16H26ClN3O. The Morgan fingerprint density at radius 1 is 1.33 bits per heavy atom. The Labute approximate surface area is 132 Å². The van der Waals surface area contributed by atoms with E-state index < -0.39 is 0 Å². The van der Waals surface area contributed by atoms with Crippen LogP contribution in [0.1, 0.15) is 24.4 Å². The number of nitrogens with two attached hydrogens (primary N) is 1. The summed E-state index contributed by atoms with van der Waals surface area (Å²) in [4.78, 5) is 4.54. The second kappa shape index (κ2) is 7.99. The van der Waals surface area contributed by atoms with Crippen LogP contribution in [-0.4, -0.2) is 56.7 Å². The first-order valence-corrected chi connectivity index (χ1v) is 8.00. The summed E-state index contributed by atoms with van der Waals surface area (Å²) in [7, 11) is 4.08. The molecule has 1 aliphatic heterocycles. The fourth-order valence-corrected chi connectivity index (χ4v) is 2.96. The van der Waals surface area contributed by atoms with Crippen LogP contribution < -0.4 is 10.5 Å². The first kappa shape index (κ1) is 16.6. The maximum atomic E-state index is 6.19. The third kappa shape index (κ3) is 4.58. The molecule has 0 bridgehead atoms. The monoisotopic (exact) mass is 311 g/mol. The number of hydrogen-bond donors (Lipinski definition) is 1. The third-order valence-electron chi connectivity index (χ3n) is 3.93. The second-order valence-corrected chi connectivity index (χ2v) is 6.26. The van der Waals surface area contributed by atoms with Gasteiger partial charge in [-0.05, 0) is 58.2 Å². The van der Waals surface area contributed by atoms with Crippen molar-refractivity contribution >= 4 is 11.6 Å². The van der Waals surface area contributed by atoms with Gasteiger partial charge in [0.2, 0.25) is 0 Å². The summed E-state index contributed by atoms with van der Waals surface area (Å²) in [5, 5.41) is 0.739. The van der Waals surface area contributed by atoms with E-state index in [1.165, 1.54) is 12.8 Å². The Balaban J connectivity index is 2.16. The number of hydrogen-bond acceptors (Lipinski definition) is 4. The lowest BCUT2D eigenvalue weighted by Gasteiger charge is -2.28. The normalized spacial score (nSPS) is 17.4. The molecule has 1 aromatic carbocycles. The van der Waals surface area contributed by atoms with Crippen LogP contribution in [0, 0.1) is 0 Å². The molecule has 1 heterocycles. The smallest absolute Gasteiger partial charge is 0.124 e. The van der Waals surface area contributed by atoms with Crippen molar-refractivity contribution in [3.63, 3.8) is 0 Å². The predicted octanol–water partition coefficient (Wildman–Crippen LogP) is 2.38. The van der Waals surface area contributed by atoms with E-state index in [4.69, 9.17) is 22.1 Å². The van der Waals surface area contributed by atoms with Crippen molar-refractivity contribution in [2.45, 2.75) is 18.9 Å². The van der Waals surface area contributed by atoms with Crippen molar-refractivity contribution in [2.24, 2.45) is 5.73 Å². The number of likely N-dealkylation sites (tertiary alicyclic amines) is 1. The zero-order chi connectivity index (χ0) is 15.2. The lowest BCUT2D eigenvalue weighted by Crippen LogP contribution is -2.32. The van der Waals surface area contributed by atoms with Gasteiger partial charge in [-0.3, -0.25) is 4.90 Å². The highest BCUT2D eigenvalue weighted by atomic mass is 35.5. The molecule has 1 unspecified atom stereocenters. The molecule has 118 valence electrons. The van der Waals surface area contributed by atoms with Crippen LogP contribution in [0.2, 0.25) is 5.02 Å².